The number of esters is 1. The average Bonchev–Trinajstić information content (AvgIpc) is 2.97. The van der Waals surface area contributed by atoms with Crippen LogP contribution in [0.15, 0.2) is 63.8 Å². The zero-order chi connectivity index (χ0) is 17.6. The van der Waals surface area contributed by atoms with Crippen LogP contribution in [0.4, 0.5) is 0 Å². The summed E-state index contributed by atoms with van der Waals surface area (Å²) in [6.45, 7) is 0. The smallest absolute Gasteiger partial charge is 0.344 e. The fourth-order valence-corrected chi connectivity index (χ4v) is 3.69. The maximum Gasteiger partial charge on any atom is 0.344 e. The molecular formula is C19H13Br2ClN2O2. The van der Waals surface area contributed by atoms with Crippen LogP contribution in [0.2, 0.25) is 0 Å². The molecule has 4 nitrogen and oxygen atoms in total. The number of carbonyl (C=O) groups excluding carboxylic acids is 1. The predicted molar refractivity (Wildman–Crippen MR) is 104 cm³/mol. The second kappa shape index (κ2) is 7.39. The summed E-state index contributed by atoms with van der Waals surface area (Å²) in [6.07, 6.45) is 3.93. The van der Waals surface area contributed by atoms with Gasteiger partial charge in [0.2, 0.25) is 5.69 Å². The Kier molecular flexibility index (Phi) is 5.37. The molecule has 0 saturated carbocycles. The van der Waals surface area contributed by atoms with Crippen LogP contribution in [0, 0.1) is 0 Å². The van der Waals surface area contributed by atoms with Crippen molar-refractivity contribution >= 4 is 59.6 Å². The topological polar surface area (TPSA) is 46.0 Å². The predicted octanol–water partition coefficient (Wildman–Crippen LogP) is 1.91. The van der Waals surface area contributed by atoms with Gasteiger partial charge in [-0.2, -0.15) is 4.57 Å². The quantitative estimate of drug-likeness (QED) is 0.341. The summed E-state index contributed by atoms with van der Waals surface area (Å²) in [5.41, 5.74) is 3.31. The molecule has 132 valence electrons. The molecule has 0 radical (unpaired) electrons. The van der Waals surface area contributed by atoms with Crippen molar-refractivity contribution in [1.82, 2.24) is 4.98 Å². The van der Waals surface area contributed by atoms with Gasteiger partial charge in [0.1, 0.15) is 11.1 Å². The second-order valence-corrected chi connectivity index (χ2v) is 7.48. The number of halogens is 3. The number of methoxy groups -OCH3 is 1. The summed E-state index contributed by atoms with van der Waals surface area (Å²) in [5.74, 6) is -0.365. The summed E-state index contributed by atoms with van der Waals surface area (Å²) in [6, 6.07) is 13.7. The van der Waals surface area contributed by atoms with Gasteiger partial charge in [-0.1, -0.05) is 37.9 Å². The van der Waals surface area contributed by atoms with E-state index in [9.17, 15) is 4.79 Å². The lowest BCUT2D eigenvalue weighted by Crippen LogP contribution is -3.00. The number of H-pyrrole nitrogens is 1. The third kappa shape index (κ3) is 3.24. The number of pyridine rings is 1. The molecule has 26 heavy (non-hydrogen) atoms. The molecule has 2 aromatic heterocycles. The van der Waals surface area contributed by atoms with Crippen LogP contribution in [-0.2, 0) is 4.74 Å². The molecule has 2 aromatic carbocycles. The minimum absolute atomic E-state index is 0. The molecule has 2 heterocycles. The monoisotopic (exact) mass is 494 g/mol. The van der Waals surface area contributed by atoms with Crippen molar-refractivity contribution in [3.05, 3.63) is 69.4 Å². The van der Waals surface area contributed by atoms with E-state index in [2.05, 4.69) is 49.0 Å². The Morgan fingerprint density at radius 1 is 1.00 bits per heavy atom. The molecule has 0 fully saturated rings. The first kappa shape index (κ1) is 18.9. The van der Waals surface area contributed by atoms with Gasteiger partial charge in [0.25, 0.3) is 0 Å². The Morgan fingerprint density at radius 2 is 1.69 bits per heavy atom. The van der Waals surface area contributed by atoms with Crippen LogP contribution in [0.3, 0.4) is 0 Å². The van der Waals surface area contributed by atoms with Gasteiger partial charge in [0.15, 0.2) is 12.4 Å². The van der Waals surface area contributed by atoms with Crippen LogP contribution >= 0.6 is 31.9 Å². The first-order valence-electron chi connectivity index (χ1n) is 7.57. The molecule has 0 unspecified atom stereocenters. The van der Waals surface area contributed by atoms with Gasteiger partial charge in [-0.15, -0.1) is 0 Å². The number of hydrogen-bond donors (Lipinski definition) is 1. The molecule has 0 saturated heterocycles. The third-order valence-electron chi connectivity index (χ3n) is 4.14. The van der Waals surface area contributed by atoms with E-state index >= 15 is 0 Å². The van der Waals surface area contributed by atoms with Gasteiger partial charge in [-0.25, -0.2) is 4.79 Å². The SMILES string of the molecule is COC(=O)c1ccc(Br)cc1-[n+]1ccc2c(c1)[nH]c1cc(Br)ccc12.[Cl-]. The number of aromatic amines is 1. The minimum Gasteiger partial charge on any atom is -1.00 e. The third-order valence-corrected chi connectivity index (χ3v) is 5.13. The lowest BCUT2D eigenvalue weighted by molar-refractivity contribution is -0.594. The number of fused-ring (bicyclic) bond motifs is 3. The van der Waals surface area contributed by atoms with E-state index in [0.717, 1.165) is 36.4 Å². The van der Waals surface area contributed by atoms with E-state index < -0.39 is 0 Å². The summed E-state index contributed by atoms with van der Waals surface area (Å²) < 4.78 is 8.75. The molecule has 7 heteroatoms. The number of benzene rings is 2. The zero-order valence-corrected chi connectivity index (χ0v) is 17.5. The first-order valence-corrected chi connectivity index (χ1v) is 9.16. The number of hydrogen-bond acceptors (Lipinski definition) is 2. The Labute approximate surface area is 172 Å². The molecule has 0 aliphatic carbocycles. The molecule has 0 aliphatic rings. The van der Waals surface area contributed by atoms with Gasteiger partial charge in [-0.3, -0.25) is 0 Å². The first-order chi connectivity index (χ1) is 12.1. The fraction of sp³-hybridized carbons (Fsp3) is 0.0526. The molecule has 0 spiro atoms. The van der Waals surface area contributed by atoms with E-state index in [1.54, 1.807) is 6.07 Å². The lowest BCUT2D eigenvalue weighted by atomic mass is 10.1. The molecule has 0 bridgehead atoms. The summed E-state index contributed by atoms with van der Waals surface area (Å²) in [5, 5.41) is 2.29. The van der Waals surface area contributed by atoms with Gasteiger partial charge in [0.05, 0.1) is 7.11 Å². The molecule has 0 atom stereocenters. The van der Waals surface area contributed by atoms with Crippen LogP contribution < -0.4 is 17.0 Å². The fourth-order valence-electron chi connectivity index (χ4n) is 2.98. The van der Waals surface area contributed by atoms with Crippen LogP contribution in [0.5, 0.6) is 0 Å². The van der Waals surface area contributed by atoms with Crippen molar-refractivity contribution in [1.29, 1.82) is 0 Å². The van der Waals surface area contributed by atoms with E-state index in [4.69, 9.17) is 4.74 Å². The molecular weight excluding hydrogens is 483 g/mol. The Bertz CT molecular complexity index is 1140. The number of nitrogens with zero attached hydrogens (tertiary/aromatic N) is 1. The van der Waals surface area contributed by atoms with Crippen molar-refractivity contribution < 1.29 is 26.5 Å². The molecule has 4 aromatic rings. The Balaban J connectivity index is 0.00000196. The average molecular weight is 497 g/mol. The normalized spacial score (nSPS) is 10.7. The van der Waals surface area contributed by atoms with Gasteiger partial charge in [0, 0.05) is 37.4 Å². The van der Waals surface area contributed by atoms with Crippen LogP contribution in [-0.4, -0.2) is 18.1 Å². The standard InChI is InChI=1S/C19H12Br2N2O2.ClH/c1-25-19(24)15-5-3-12(21)9-18(15)23-7-6-14-13-4-2-11(20)8-16(13)22-17(14)10-23;/h2-10H,1H3;1H. The lowest BCUT2D eigenvalue weighted by Gasteiger charge is -2.04. The van der Waals surface area contributed by atoms with E-state index in [0.29, 0.717) is 5.56 Å². The van der Waals surface area contributed by atoms with Gasteiger partial charge < -0.3 is 22.1 Å². The van der Waals surface area contributed by atoms with Crippen molar-refractivity contribution in [3.8, 4) is 5.69 Å². The number of nitrogens with one attached hydrogen (secondary N) is 1. The molecule has 0 amide bonds. The molecule has 0 aliphatic heterocycles. The molecule has 1 N–H and O–H groups in total. The van der Waals surface area contributed by atoms with Crippen LogP contribution in [0.25, 0.3) is 27.5 Å². The number of carbonyl (C=O) groups is 1. The van der Waals surface area contributed by atoms with Gasteiger partial charge in [-0.05, 0) is 24.3 Å². The zero-order valence-electron chi connectivity index (χ0n) is 13.6. The van der Waals surface area contributed by atoms with Crippen molar-refractivity contribution in [2.75, 3.05) is 7.11 Å². The van der Waals surface area contributed by atoms with Crippen LogP contribution in [0.1, 0.15) is 10.4 Å². The van der Waals surface area contributed by atoms with Gasteiger partial charge >= 0.3 is 5.97 Å². The van der Waals surface area contributed by atoms with Crippen molar-refractivity contribution in [3.63, 3.8) is 0 Å². The maximum absolute atomic E-state index is 12.1. The Morgan fingerprint density at radius 3 is 2.46 bits per heavy atom. The summed E-state index contributed by atoms with van der Waals surface area (Å²) in [4.78, 5) is 15.5. The van der Waals surface area contributed by atoms with E-state index in [1.165, 1.54) is 7.11 Å². The Hall–Kier alpha value is -1.89. The van der Waals surface area contributed by atoms with E-state index in [-0.39, 0.29) is 18.4 Å². The number of rotatable bonds is 2. The van der Waals surface area contributed by atoms with E-state index in [1.807, 2.05) is 41.2 Å². The van der Waals surface area contributed by atoms with Crippen molar-refractivity contribution in [2.24, 2.45) is 0 Å². The second-order valence-electron chi connectivity index (χ2n) is 5.65. The summed E-state index contributed by atoms with van der Waals surface area (Å²) in [7, 11) is 1.39. The molecule has 4 rings (SSSR count). The highest BCUT2D eigenvalue weighted by atomic mass is 79.9. The highest BCUT2D eigenvalue weighted by Crippen LogP contribution is 2.27. The summed E-state index contributed by atoms with van der Waals surface area (Å²) >= 11 is 6.97. The maximum atomic E-state index is 12.1. The highest BCUT2D eigenvalue weighted by Gasteiger charge is 2.21. The largest absolute Gasteiger partial charge is 1.00 e. The highest BCUT2D eigenvalue weighted by molar-refractivity contribution is 9.10. The minimum atomic E-state index is -0.365. The number of aromatic nitrogens is 2. The number of ether oxygens (including phenoxy) is 1. The van der Waals surface area contributed by atoms with Crippen molar-refractivity contribution in [2.45, 2.75) is 0 Å².